The summed E-state index contributed by atoms with van der Waals surface area (Å²) in [6, 6.07) is 19.1. The highest BCUT2D eigenvalue weighted by molar-refractivity contribution is 6.02. The molecule has 1 fully saturated rings. The van der Waals surface area contributed by atoms with Crippen LogP contribution in [0.4, 0.5) is 0 Å². The van der Waals surface area contributed by atoms with Crippen molar-refractivity contribution in [3.05, 3.63) is 92.6 Å². The molecule has 2 aromatic carbocycles. The number of quaternary nitrogens is 1. The van der Waals surface area contributed by atoms with E-state index in [9.17, 15) is 14.7 Å². The number of para-hydroxylation sites is 1. The van der Waals surface area contributed by atoms with E-state index in [1.165, 1.54) is 10.5 Å². The second-order valence-electron chi connectivity index (χ2n) is 8.18. The number of H-pyrrole nitrogens is 1. The summed E-state index contributed by atoms with van der Waals surface area (Å²) in [5.41, 5.74) is 0.785. The molecule has 166 valence electrons. The van der Waals surface area contributed by atoms with Gasteiger partial charge in [0.15, 0.2) is 0 Å². The second-order valence-corrected chi connectivity index (χ2v) is 8.18. The van der Waals surface area contributed by atoms with Gasteiger partial charge in [0.1, 0.15) is 6.54 Å². The summed E-state index contributed by atoms with van der Waals surface area (Å²) in [4.78, 5) is 33.6. The van der Waals surface area contributed by atoms with Crippen LogP contribution in [0.15, 0.2) is 75.2 Å². The zero-order valence-electron chi connectivity index (χ0n) is 18.2. The summed E-state index contributed by atoms with van der Waals surface area (Å²) >= 11 is 0. The van der Waals surface area contributed by atoms with Crippen LogP contribution in [0.2, 0.25) is 0 Å². The van der Waals surface area contributed by atoms with Crippen molar-refractivity contribution in [2.75, 3.05) is 13.1 Å². The summed E-state index contributed by atoms with van der Waals surface area (Å²) < 4.78 is 1.01. The minimum Gasteiger partial charge on any atom is -0.859 e. The molecular formula is C25H28N4O3. The molecule has 4 rings (SSSR count). The lowest BCUT2D eigenvalue weighted by Crippen LogP contribution is -3.12. The van der Waals surface area contributed by atoms with E-state index in [0.29, 0.717) is 17.8 Å². The largest absolute Gasteiger partial charge is 0.859 e. The average Bonchev–Trinajstić information content (AvgIpc) is 2.80. The Morgan fingerprint density at radius 1 is 1.06 bits per heavy atom. The zero-order chi connectivity index (χ0) is 22.5. The summed E-state index contributed by atoms with van der Waals surface area (Å²) in [6.45, 7) is 4.85. The summed E-state index contributed by atoms with van der Waals surface area (Å²) in [7, 11) is 0. The van der Waals surface area contributed by atoms with Gasteiger partial charge >= 0.3 is 5.69 Å². The van der Waals surface area contributed by atoms with E-state index in [0.717, 1.165) is 37.0 Å². The molecule has 0 atom stereocenters. The number of nitrogens with zero attached hydrogens (tertiary/aromatic N) is 2. The van der Waals surface area contributed by atoms with Crippen LogP contribution >= 0.6 is 0 Å². The second kappa shape index (κ2) is 9.78. The Hall–Kier alpha value is -3.45. The van der Waals surface area contributed by atoms with Crippen LogP contribution in [0.1, 0.15) is 37.3 Å². The lowest BCUT2D eigenvalue weighted by molar-refractivity contribution is -0.918. The van der Waals surface area contributed by atoms with Crippen LogP contribution in [-0.4, -0.2) is 34.4 Å². The molecule has 1 saturated heterocycles. The van der Waals surface area contributed by atoms with Crippen molar-refractivity contribution in [1.82, 2.24) is 9.55 Å². The number of aromatic nitrogens is 2. The lowest BCUT2D eigenvalue weighted by atomic mass is 10.0. The van der Waals surface area contributed by atoms with Crippen molar-refractivity contribution < 1.29 is 10.0 Å². The Morgan fingerprint density at radius 3 is 2.31 bits per heavy atom. The number of aromatic amines is 1. The van der Waals surface area contributed by atoms with E-state index >= 15 is 0 Å². The van der Waals surface area contributed by atoms with E-state index < -0.39 is 17.1 Å². The maximum absolute atomic E-state index is 13.2. The van der Waals surface area contributed by atoms with Crippen molar-refractivity contribution >= 4 is 5.71 Å². The highest BCUT2D eigenvalue weighted by Crippen LogP contribution is 2.17. The fourth-order valence-electron chi connectivity index (χ4n) is 4.34. The molecule has 1 aromatic heterocycles. The molecule has 2 heterocycles. The quantitative estimate of drug-likeness (QED) is 0.570. The molecule has 1 aliphatic rings. The highest BCUT2D eigenvalue weighted by atomic mass is 16.3. The Morgan fingerprint density at radius 2 is 1.69 bits per heavy atom. The molecule has 0 aliphatic carbocycles. The molecule has 0 saturated carbocycles. The van der Waals surface area contributed by atoms with Gasteiger partial charge in [0.2, 0.25) is 0 Å². The molecule has 7 heteroatoms. The fourth-order valence-corrected chi connectivity index (χ4v) is 4.34. The first-order valence-corrected chi connectivity index (χ1v) is 11.1. The molecule has 0 radical (unpaired) electrons. The maximum atomic E-state index is 13.2. The minimum absolute atomic E-state index is 0.0324. The summed E-state index contributed by atoms with van der Waals surface area (Å²) in [5, 5.41) is 13.2. The SMILES string of the molecule is CCC(=NC1CC[NH+](Cc2ccccc2)CC1)c1c([O-])n(-c2ccccc2)c(=O)[nH]c1=O. The van der Waals surface area contributed by atoms with Crippen molar-refractivity contribution in [1.29, 1.82) is 0 Å². The fraction of sp³-hybridized carbons (Fsp3) is 0.320. The van der Waals surface area contributed by atoms with Gasteiger partial charge in [-0.1, -0.05) is 55.5 Å². The van der Waals surface area contributed by atoms with Gasteiger partial charge in [-0.05, 0) is 24.4 Å². The van der Waals surface area contributed by atoms with Gasteiger partial charge in [-0.15, -0.1) is 0 Å². The number of nitrogens with one attached hydrogen (secondary N) is 2. The third-order valence-electron chi connectivity index (χ3n) is 6.00. The highest BCUT2D eigenvalue weighted by Gasteiger charge is 2.23. The van der Waals surface area contributed by atoms with Crippen LogP contribution in [-0.2, 0) is 6.54 Å². The number of benzene rings is 2. The monoisotopic (exact) mass is 432 g/mol. The molecule has 1 aliphatic heterocycles. The van der Waals surface area contributed by atoms with Gasteiger partial charge in [-0.25, -0.2) is 4.79 Å². The molecule has 0 spiro atoms. The van der Waals surface area contributed by atoms with Crippen LogP contribution in [0.5, 0.6) is 5.88 Å². The predicted octanol–water partition coefficient (Wildman–Crippen LogP) is 1.05. The number of hydrogen-bond donors (Lipinski definition) is 2. The van der Waals surface area contributed by atoms with Gasteiger partial charge in [0, 0.05) is 29.8 Å². The van der Waals surface area contributed by atoms with Crippen LogP contribution in [0.25, 0.3) is 5.69 Å². The average molecular weight is 433 g/mol. The van der Waals surface area contributed by atoms with Gasteiger partial charge < -0.3 is 10.0 Å². The molecule has 32 heavy (non-hydrogen) atoms. The van der Waals surface area contributed by atoms with Crippen molar-refractivity contribution in [2.45, 2.75) is 38.8 Å². The first-order valence-electron chi connectivity index (χ1n) is 11.1. The van der Waals surface area contributed by atoms with E-state index in [4.69, 9.17) is 4.99 Å². The number of piperidine rings is 1. The molecule has 2 N–H and O–H groups in total. The van der Waals surface area contributed by atoms with Crippen molar-refractivity contribution in [2.24, 2.45) is 4.99 Å². The number of aliphatic imine (C=N–C) groups is 1. The third-order valence-corrected chi connectivity index (χ3v) is 6.00. The Kier molecular flexibility index (Phi) is 6.66. The Bertz CT molecular complexity index is 1190. The third kappa shape index (κ3) is 4.73. The molecular weight excluding hydrogens is 404 g/mol. The standard InChI is InChI=1S/C25H28N4O3/c1-2-21(26-19-13-15-28(16-14-19)17-18-9-5-3-6-10-18)22-23(30)27-25(32)29(24(22)31)20-11-7-4-8-12-20/h3-12,19,31H,2,13-17H2,1H3,(H,27,30,32). The maximum Gasteiger partial charge on any atom is 0.332 e. The van der Waals surface area contributed by atoms with Gasteiger partial charge in [0.05, 0.1) is 24.7 Å². The lowest BCUT2D eigenvalue weighted by Gasteiger charge is -2.28. The van der Waals surface area contributed by atoms with Crippen molar-refractivity contribution in [3.8, 4) is 11.6 Å². The molecule has 7 nitrogen and oxygen atoms in total. The Labute approximate surface area is 186 Å². The Balaban J connectivity index is 1.57. The minimum atomic E-state index is -0.733. The van der Waals surface area contributed by atoms with E-state index in [1.54, 1.807) is 30.3 Å². The summed E-state index contributed by atoms with van der Waals surface area (Å²) in [6.07, 6.45) is 2.24. The molecule has 3 aromatic rings. The van der Waals surface area contributed by atoms with E-state index in [2.05, 4.69) is 29.2 Å². The zero-order valence-corrected chi connectivity index (χ0v) is 18.2. The normalized spacial score (nSPS) is 19.1. The van der Waals surface area contributed by atoms with Crippen molar-refractivity contribution in [3.63, 3.8) is 0 Å². The van der Waals surface area contributed by atoms with Gasteiger partial charge in [0.25, 0.3) is 5.56 Å². The van der Waals surface area contributed by atoms with Crippen LogP contribution < -0.4 is 21.3 Å². The van der Waals surface area contributed by atoms with Crippen LogP contribution in [0, 0.1) is 0 Å². The smallest absolute Gasteiger partial charge is 0.332 e. The van der Waals surface area contributed by atoms with E-state index in [1.807, 2.05) is 13.0 Å². The summed E-state index contributed by atoms with van der Waals surface area (Å²) in [5.74, 6) is -0.613. The first-order chi connectivity index (χ1) is 15.6. The van der Waals surface area contributed by atoms with Gasteiger partial charge in [-0.2, -0.15) is 0 Å². The molecule has 0 bridgehead atoms. The molecule has 0 unspecified atom stereocenters. The van der Waals surface area contributed by atoms with E-state index in [-0.39, 0.29) is 11.6 Å². The topological polar surface area (TPSA) is 94.7 Å². The number of hydrogen-bond acceptors (Lipinski definition) is 4. The van der Waals surface area contributed by atoms with Crippen LogP contribution in [0.3, 0.4) is 0 Å². The van der Waals surface area contributed by atoms with Gasteiger partial charge in [-0.3, -0.25) is 19.3 Å². The first kappa shape index (κ1) is 21.8. The number of rotatable bonds is 6. The number of likely N-dealkylation sites (tertiary alicyclic amines) is 1. The predicted molar refractivity (Wildman–Crippen MR) is 123 cm³/mol. The molecule has 0 amide bonds.